The van der Waals surface area contributed by atoms with Crippen LogP contribution in [-0.4, -0.2) is 55.4 Å². The van der Waals surface area contributed by atoms with Crippen molar-refractivity contribution in [3.8, 4) is 22.2 Å². The van der Waals surface area contributed by atoms with Crippen molar-refractivity contribution in [3.05, 3.63) is 36.7 Å². The Kier molecular flexibility index (Phi) is 5.54. The third-order valence-corrected chi connectivity index (χ3v) is 5.52. The number of piperazine rings is 1. The van der Waals surface area contributed by atoms with Crippen molar-refractivity contribution in [2.45, 2.75) is 0 Å². The molecule has 1 fully saturated rings. The second-order valence-electron chi connectivity index (χ2n) is 6.20. The zero-order chi connectivity index (χ0) is 19.3. The van der Waals surface area contributed by atoms with Crippen LogP contribution in [0, 0.1) is 0 Å². The minimum Gasteiger partial charge on any atom is -0.493 e. The van der Waals surface area contributed by atoms with Crippen molar-refractivity contribution >= 4 is 28.0 Å². The zero-order valence-corrected chi connectivity index (χ0v) is 16.6. The van der Waals surface area contributed by atoms with E-state index < -0.39 is 0 Å². The molecule has 1 aromatic carbocycles. The van der Waals surface area contributed by atoms with Gasteiger partial charge in [-0.25, -0.2) is 15.0 Å². The van der Waals surface area contributed by atoms with E-state index in [0.29, 0.717) is 17.4 Å². The Hall–Kier alpha value is -2.91. The van der Waals surface area contributed by atoms with E-state index in [9.17, 15) is 0 Å². The lowest BCUT2D eigenvalue weighted by atomic mass is 10.3. The fourth-order valence-corrected chi connectivity index (χ4v) is 3.94. The smallest absolute Gasteiger partial charge is 0.227 e. The van der Waals surface area contributed by atoms with Crippen LogP contribution in [0.2, 0.25) is 0 Å². The summed E-state index contributed by atoms with van der Waals surface area (Å²) in [5.74, 6) is 1.82. The molecular weight excluding hydrogens is 376 g/mol. The Bertz CT molecular complexity index is 942. The van der Waals surface area contributed by atoms with Crippen LogP contribution < -0.4 is 25.0 Å². The predicted molar refractivity (Wildman–Crippen MR) is 111 cm³/mol. The Labute approximate surface area is 167 Å². The summed E-state index contributed by atoms with van der Waals surface area (Å²) in [6.45, 7) is 4.00. The highest BCUT2D eigenvalue weighted by Gasteiger charge is 2.15. The van der Waals surface area contributed by atoms with Crippen LogP contribution in [0.25, 0.3) is 10.7 Å². The van der Waals surface area contributed by atoms with E-state index in [1.165, 1.54) is 5.00 Å². The standard InChI is InChI=1S/C19H22N6O2S/c1-26-15-4-3-13(11-16(15)27-2)23-19-21-6-5-14(24-19)18-22-12-17(28-18)25-9-7-20-8-10-25/h3-6,11-12,20H,7-10H2,1-2H3,(H,21,23,24). The van der Waals surface area contributed by atoms with Gasteiger partial charge in [-0.3, -0.25) is 0 Å². The van der Waals surface area contributed by atoms with E-state index >= 15 is 0 Å². The minimum absolute atomic E-state index is 0.503. The van der Waals surface area contributed by atoms with Gasteiger partial charge in [-0.15, -0.1) is 0 Å². The molecule has 0 saturated carbocycles. The van der Waals surface area contributed by atoms with Crippen LogP contribution in [-0.2, 0) is 0 Å². The third-order valence-electron chi connectivity index (χ3n) is 4.44. The first-order valence-corrected chi connectivity index (χ1v) is 9.82. The minimum atomic E-state index is 0.503. The van der Waals surface area contributed by atoms with Gasteiger partial charge in [0.1, 0.15) is 15.7 Å². The molecule has 1 aliphatic rings. The average Bonchev–Trinajstić information content (AvgIpc) is 3.25. The lowest BCUT2D eigenvalue weighted by Gasteiger charge is -2.27. The number of nitrogens with one attached hydrogen (secondary N) is 2. The summed E-state index contributed by atoms with van der Waals surface area (Å²) < 4.78 is 10.6. The lowest BCUT2D eigenvalue weighted by Crippen LogP contribution is -2.43. The van der Waals surface area contributed by atoms with Gasteiger partial charge >= 0.3 is 0 Å². The SMILES string of the molecule is COc1ccc(Nc2nccc(-c3ncc(N4CCNCC4)s3)n2)cc1OC. The van der Waals surface area contributed by atoms with Crippen LogP contribution in [0.3, 0.4) is 0 Å². The van der Waals surface area contributed by atoms with Gasteiger partial charge < -0.3 is 25.0 Å². The van der Waals surface area contributed by atoms with E-state index in [2.05, 4.69) is 30.5 Å². The Morgan fingerprint density at radius 1 is 1.07 bits per heavy atom. The van der Waals surface area contributed by atoms with Crippen LogP contribution in [0.15, 0.2) is 36.7 Å². The first-order valence-electron chi connectivity index (χ1n) is 9.01. The van der Waals surface area contributed by atoms with E-state index in [4.69, 9.17) is 9.47 Å². The number of hydrogen-bond donors (Lipinski definition) is 2. The van der Waals surface area contributed by atoms with E-state index in [-0.39, 0.29) is 0 Å². The maximum absolute atomic E-state index is 5.34. The molecule has 3 aromatic rings. The molecule has 146 valence electrons. The predicted octanol–water partition coefficient (Wildman–Crippen LogP) is 2.77. The topological polar surface area (TPSA) is 84.4 Å². The molecule has 4 rings (SSSR count). The summed E-state index contributed by atoms with van der Waals surface area (Å²) in [5.41, 5.74) is 1.61. The van der Waals surface area contributed by atoms with Crippen molar-refractivity contribution in [2.24, 2.45) is 0 Å². The van der Waals surface area contributed by atoms with Crippen LogP contribution in [0.5, 0.6) is 11.5 Å². The average molecular weight is 398 g/mol. The molecule has 0 spiro atoms. The number of benzene rings is 1. The van der Waals surface area contributed by atoms with Crippen LogP contribution in [0.4, 0.5) is 16.6 Å². The number of nitrogens with zero attached hydrogens (tertiary/aromatic N) is 4. The maximum Gasteiger partial charge on any atom is 0.227 e. The van der Waals surface area contributed by atoms with Crippen molar-refractivity contribution < 1.29 is 9.47 Å². The van der Waals surface area contributed by atoms with E-state index in [0.717, 1.165) is 42.6 Å². The quantitative estimate of drug-likeness (QED) is 0.656. The highest BCUT2D eigenvalue weighted by molar-refractivity contribution is 7.18. The molecule has 0 bridgehead atoms. The molecule has 0 unspecified atom stereocenters. The van der Waals surface area contributed by atoms with E-state index in [1.807, 2.05) is 30.5 Å². The molecule has 0 amide bonds. The van der Waals surface area contributed by atoms with Gasteiger partial charge in [-0.2, -0.15) is 0 Å². The highest BCUT2D eigenvalue weighted by atomic mass is 32.1. The Morgan fingerprint density at radius 2 is 1.89 bits per heavy atom. The van der Waals surface area contributed by atoms with Crippen molar-refractivity contribution in [1.29, 1.82) is 0 Å². The summed E-state index contributed by atoms with van der Waals surface area (Å²) in [5, 5.41) is 8.63. The summed E-state index contributed by atoms with van der Waals surface area (Å²) in [4.78, 5) is 15.8. The first kappa shape index (κ1) is 18.5. The first-order chi connectivity index (χ1) is 13.8. The lowest BCUT2D eigenvalue weighted by molar-refractivity contribution is 0.355. The van der Waals surface area contributed by atoms with Crippen molar-refractivity contribution in [2.75, 3.05) is 50.6 Å². The summed E-state index contributed by atoms with van der Waals surface area (Å²) in [6, 6.07) is 7.45. The normalized spacial score (nSPS) is 14.0. The molecule has 28 heavy (non-hydrogen) atoms. The van der Waals surface area contributed by atoms with Gasteiger partial charge in [-0.1, -0.05) is 11.3 Å². The molecule has 2 aromatic heterocycles. The molecule has 2 N–H and O–H groups in total. The molecule has 1 saturated heterocycles. The summed E-state index contributed by atoms with van der Waals surface area (Å²) >= 11 is 1.65. The van der Waals surface area contributed by atoms with Gasteiger partial charge in [0.2, 0.25) is 5.95 Å². The molecular formula is C19H22N6O2S. The summed E-state index contributed by atoms with van der Waals surface area (Å²) in [7, 11) is 3.22. The van der Waals surface area contributed by atoms with Crippen LogP contribution >= 0.6 is 11.3 Å². The molecule has 1 aliphatic heterocycles. The number of anilines is 3. The number of rotatable bonds is 6. The zero-order valence-electron chi connectivity index (χ0n) is 15.8. The Balaban J connectivity index is 1.53. The fourth-order valence-electron chi connectivity index (χ4n) is 3.00. The van der Waals surface area contributed by atoms with Gasteiger partial charge in [-0.05, 0) is 18.2 Å². The molecule has 8 nitrogen and oxygen atoms in total. The number of thiazole rings is 1. The van der Waals surface area contributed by atoms with Gasteiger partial charge in [0.25, 0.3) is 0 Å². The third kappa shape index (κ3) is 4.00. The molecule has 9 heteroatoms. The largest absolute Gasteiger partial charge is 0.493 e. The molecule has 3 heterocycles. The second kappa shape index (κ2) is 8.41. The van der Waals surface area contributed by atoms with Crippen molar-refractivity contribution in [3.63, 3.8) is 0 Å². The number of hydrogen-bond acceptors (Lipinski definition) is 9. The van der Waals surface area contributed by atoms with Crippen LogP contribution in [0.1, 0.15) is 0 Å². The van der Waals surface area contributed by atoms with Gasteiger partial charge in [0.05, 0.1) is 20.4 Å². The fraction of sp³-hybridized carbons (Fsp3) is 0.316. The molecule has 0 atom stereocenters. The molecule has 0 aliphatic carbocycles. The number of methoxy groups -OCH3 is 2. The van der Waals surface area contributed by atoms with Crippen molar-refractivity contribution in [1.82, 2.24) is 20.3 Å². The molecule has 0 radical (unpaired) electrons. The van der Waals surface area contributed by atoms with E-state index in [1.54, 1.807) is 31.8 Å². The monoisotopic (exact) mass is 398 g/mol. The Morgan fingerprint density at radius 3 is 2.68 bits per heavy atom. The second-order valence-corrected chi connectivity index (χ2v) is 7.21. The maximum atomic E-state index is 5.34. The van der Waals surface area contributed by atoms with Gasteiger partial charge in [0, 0.05) is 44.1 Å². The summed E-state index contributed by atoms with van der Waals surface area (Å²) in [6.07, 6.45) is 3.66. The number of ether oxygens (including phenoxy) is 2. The number of aromatic nitrogens is 3. The van der Waals surface area contributed by atoms with Gasteiger partial charge in [0.15, 0.2) is 11.5 Å². The highest BCUT2D eigenvalue weighted by Crippen LogP contribution is 2.32.